The average molecular weight is 275 g/mol. The first-order chi connectivity index (χ1) is 9.83. The first kappa shape index (κ1) is 13.7. The van der Waals surface area contributed by atoms with E-state index in [0.29, 0.717) is 0 Å². The number of morpholine rings is 1. The molecule has 2 heterocycles. The molecule has 3 rings (SSSR count). The maximum atomic E-state index is 6.06. The number of piperidine rings is 1. The van der Waals surface area contributed by atoms with Gasteiger partial charge in [-0.3, -0.25) is 0 Å². The molecule has 0 bridgehead atoms. The van der Waals surface area contributed by atoms with Gasteiger partial charge in [0.25, 0.3) is 0 Å². The van der Waals surface area contributed by atoms with E-state index < -0.39 is 0 Å². The Morgan fingerprint density at radius 2 is 2.10 bits per heavy atom. The van der Waals surface area contributed by atoms with Crippen LogP contribution in [0.5, 0.6) is 0 Å². The molecule has 2 saturated heterocycles. The van der Waals surface area contributed by atoms with Crippen LogP contribution in [0.2, 0.25) is 0 Å². The molecule has 2 aliphatic heterocycles. The summed E-state index contributed by atoms with van der Waals surface area (Å²) in [5, 5.41) is 6.93. The van der Waals surface area contributed by atoms with Crippen LogP contribution in [0.15, 0.2) is 24.3 Å². The van der Waals surface area contributed by atoms with Gasteiger partial charge in [0.2, 0.25) is 0 Å². The summed E-state index contributed by atoms with van der Waals surface area (Å²) in [4.78, 5) is 2.49. The zero-order valence-corrected chi connectivity index (χ0v) is 12.3. The highest BCUT2D eigenvalue weighted by Crippen LogP contribution is 2.33. The summed E-state index contributed by atoms with van der Waals surface area (Å²) < 4.78 is 6.06. The van der Waals surface area contributed by atoms with Gasteiger partial charge < -0.3 is 20.3 Å². The fourth-order valence-electron chi connectivity index (χ4n) is 3.27. The van der Waals surface area contributed by atoms with Gasteiger partial charge in [-0.2, -0.15) is 0 Å². The van der Waals surface area contributed by atoms with E-state index in [1.807, 2.05) is 0 Å². The Hall–Kier alpha value is -1.26. The number of para-hydroxylation sites is 2. The third-order valence-corrected chi connectivity index (χ3v) is 4.42. The minimum atomic E-state index is 0.0852. The first-order valence-electron chi connectivity index (χ1n) is 7.75. The maximum Gasteiger partial charge on any atom is 0.0840 e. The molecule has 0 amide bonds. The SMILES string of the molecule is CCNc1ccccc1N1CCC2(CC1)CNCCO2. The lowest BCUT2D eigenvalue weighted by Gasteiger charge is -2.45. The zero-order valence-electron chi connectivity index (χ0n) is 12.3. The Labute approximate surface area is 121 Å². The number of rotatable bonds is 3. The second-order valence-corrected chi connectivity index (χ2v) is 5.74. The molecule has 2 aliphatic rings. The molecule has 0 saturated carbocycles. The van der Waals surface area contributed by atoms with Crippen molar-refractivity contribution in [3.05, 3.63) is 24.3 Å². The molecule has 2 fully saturated rings. The van der Waals surface area contributed by atoms with Gasteiger partial charge in [0.05, 0.1) is 23.6 Å². The van der Waals surface area contributed by atoms with Gasteiger partial charge in [-0.15, -0.1) is 0 Å². The van der Waals surface area contributed by atoms with Gasteiger partial charge in [-0.05, 0) is 31.9 Å². The molecule has 1 aromatic carbocycles. The molecule has 2 N–H and O–H groups in total. The Morgan fingerprint density at radius 1 is 1.30 bits per heavy atom. The molecule has 20 heavy (non-hydrogen) atoms. The van der Waals surface area contributed by atoms with Crippen LogP contribution in [0, 0.1) is 0 Å². The molecule has 4 nitrogen and oxygen atoms in total. The van der Waals surface area contributed by atoms with Gasteiger partial charge in [-0.25, -0.2) is 0 Å². The summed E-state index contributed by atoms with van der Waals surface area (Å²) in [7, 11) is 0. The first-order valence-corrected chi connectivity index (χ1v) is 7.75. The molecule has 4 heteroatoms. The number of benzene rings is 1. The van der Waals surface area contributed by atoms with Crippen LogP contribution in [0.4, 0.5) is 11.4 Å². The number of anilines is 2. The standard InChI is InChI=1S/C16H25N3O/c1-2-18-14-5-3-4-6-15(14)19-10-7-16(8-11-19)13-17-9-12-20-16/h3-6,17-18H,2,7-13H2,1H3. The quantitative estimate of drug-likeness (QED) is 0.885. The molecule has 0 aliphatic carbocycles. The lowest BCUT2D eigenvalue weighted by atomic mass is 9.89. The monoisotopic (exact) mass is 275 g/mol. The summed E-state index contributed by atoms with van der Waals surface area (Å²) >= 11 is 0. The van der Waals surface area contributed by atoms with Crippen molar-refractivity contribution in [1.29, 1.82) is 0 Å². The molecule has 0 aromatic heterocycles. The molecule has 110 valence electrons. The largest absolute Gasteiger partial charge is 0.384 e. The number of hydrogen-bond acceptors (Lipinski definition) is 4. The Bertz CT molecular complexity index is 433. The summed E-state index contributed by atoms with van der Waals surface area (Å²) in [5.41, 5.74) is 2.66. The predicted molar refractivity (Wildman–Crippen MR) is 83.6 cm³/mol. The highest BCUT2D eigenvalue weighted by Gasteiger charge is 2.37. The Kier molecular flexibility index (Phi) is 4.13. The number of ether oxygens (including phenoxy) is 1. The van der Waals surface area contributed by atoms with Crippen LogP contribution in [0.3, 0.4) is 0 Å². The van der Waals surface area contributed by atoms with Crippen molar-refractivity contribution in [3.63, 3.8) is 0 Å². The summed E-state index contributed by atoms with van der Waals surface area (Å²) in [5.74, 6) is 0. The minimum absolute atomic E-state index is 0.0852. The number of nitrogens with zero attached hydrogens (tertiary/aromatic N) is 1. The second-order valence-electron chi connectivity index (χ2n) is 5.74. The molecule has 0 radical (unpaired) electrons. The fourth-order valence-corrected chi connectivity index (χ4v) is 3.27. The lowest BCUT2D eigenvalue weighted by molar-refractivity contribution is -0.0799. The van der Waals surface area contributed by atoms with E-state index in [9.17, 15) is 0 Å². The van der Waals surface area contributed by atoms with Crippen LogP contribution in [-0.4, -0.2) is 44.9 Å². The predicted octanol–water partition coefficient (Wildman–Crippen LogP) is 2.08. The Morgan fingerprint density at radius 3 is 2.80 bits per heavy atom. The highest BCUT2D eigenvalue weighted by molar-refractivity contribution is 5.70. The molecule has 0 atom stereocenters. The van der Waals surface area contributed by atoms with Gasteiger partial charge in [-0.1, -0.05) is 12.1 Å². The fraction of sp³-hybridized carbons (Fsp3) is 0.625. The Balaban J connectivity index is 1.68. The van der Waals surface area contributed by atoms with Gasteiger partial charge in [0.1, 0.15) is 0 Å². The maximum absolute atomic E-state index is 6.06. The van der Waals surface area contributed by atoms with Crippen molar-refractivity contribution in [2.24, 2.45) is 0 Å². The van der Waals surface area contributed by atoms with E-state index in [1.165, 1.54) is 11.4 Å². The van der Waals surface area contributed by atoms with E-state index in [2.05, 4.69) is 46.7 Å². The van der Waals surface area contributed by atoms with Crippen LogP contribution in [-0.2, 0) is 4.74 Å². The van der Waals surface area contributed by atoms with E-state index >= 15 is 0 Å². The topological polar surface area (TPSA) is 36.5 Å². The smallest absolute Gasteiger partial charge is 0.0840 e. The zero-order chi connectivity index (χ0) is 13.8. The van der Waals surface area contributed by atoms with Gasteiger partial charge in [0.15, 0.2) is 0 Å². The summed E-state index contributed by atoms with van der Waals surface area (Å²) in [6.45, 7) is 8.11. The van der Waals surface area contributed by atoms with Crippen molar-refractivity contribution >= 4 is 11.4 Å². The van der Waals surface area contributed by atoms with E-state index in [0.717, 1.165) is 52.2 Å². The van der Waals surface area contributed by atoms with Crippen LogP contribution >= 0.6 is 0 Å². The van der Waals surface area contributed by atoms with E-state index in [-0.39, 0.29) is 5.60 Å². The molecule has 1 aromatic rings. The van der Waals surface area contributed by atoms with Crippen LogP contribution < -0.4 is 15.5 Å². The molecular weight excluding hydrogens is 250 g/mol. The second kappa shape index (κ2) is 6.02. The van der Waals surface area contributed by atoms with Gasteiger partial charge >= 0.3 is 0 Å². The van der Waals surface area contributed by atoms with E-state index in [4.69, 9.17) is 4.74 Å². The average Bonchev–Trinajstić information content (AvgIpc) is 2.50. The van der Waals surface area contributed by atoms with E-state index in [1.54, 1.807) is 0 Å². The van der Waals surface area contributed by atoms with Crippen molar-refractivity contribution in [3.8, 4) is 0 Å². The van der Waals surface area contributed by atoms with Crippen LogP contribution in [0.25, 0.3) is 0 Å². The van der Waals surface area contributed by atoms with Crippen molar-refractivity contribution in [2.75, 3.05) is 49.5 Å². The minimum Gasteiger partial charge on any atom is -0.384 e. The van der Waals surface area contributed by atoms with Crippen LogP contribution in [0.1, 0.15) is 19.8 Å². The number of hydrogen-bond donors (Lipinski definition) is 2. The summed E-state index contributed by atoms with van der Waals surface area (Å²) in [6.07, 6.45) is 2.22. The van der Waals surface area contributed by atoms with Crippen molar-refractivity contribution < 1.29 is 4.74 Å². The third-order valence-electron chi connectivity index (χ3n) is 4.42. The molecular formula is C16H25N3O. The number of nitrogens with one attached hydrogen (secondary N) is 2. The molecule has 1 spiro atoms. The van der Waals surface area contributed by atoms with Gasteiger partial charge in [0, 0.05) is 32.7 Å². The lowest BCUT2D eigenvalue weighted by Crippen LogP contribution is -2.55. The molecule has 0 unspecified atom stereocenters. The highest BCUT2D eigenvalue weighted by atomic mass is 16.5. The van der Waals surface area contributed by atoms with Crippen molar-refractivity contribution in [1.82, 2.24) is 5.32 Å². The van der Waals surface area contributed by atoms with Crippen molar-refractivity contribution in [2.45, 2.75) is 25.4 Å². The summed E-state index contributed by atoms with van der Waals surface area (Å²) in [6, 6.07) is 8.61. The normalized spacial score (nSPS) is 21.9. The third kappa shape index (κ3) is 2.76.